The van der Waals surface area contributed by atoms with E-state index in [1.807, 2.05) is 18.7 Å². The molecule has 0 aliphatic heterocycles. The predicted octanol–water partition coefficient (Wildman–Crippen LogP) is 3.08. The van der Waals surface area contributed by atoms with E-state index in [0.29, 0.717) is 0 Å². The maximum absolute atomic E-state index is 9.52. The van der Waals surface area contributed by atoms with Crippen LogP contribution in [0.5, 0.6) is 0 Å². The third-order valence-corrected chi connectivity index (χ3v) is 3.91. The van der Waals surface area contributed by atoms with E-state index in [4.69, 9.17) is 0 Å². The summed E-state index contributed by atoms with van der Waals surface area (Å²) in [7, 11) is 1.98. The van der Waals surface area contributed by atoms with Gasteiger partial charge < -0.3 is 5.11 Å². The van der Waals surface area contributed by atoms with Gasteiger partial charge in [0.25, 0.3) is 0 Å². The third-order valence-electron chi connectivity index (χ3n) is 3.00. The normalized spacial score (nSPS) is 14.1. The van der Waals surface area contributed by atoms with E-state index in [-0.39, 0.29) is 11.5 Å². The van der Waals surface area contributed by atoms with Gasteiger partial charge in [-0.1, -0.05) is 20.8 Å². The number of halogens is 1. The number of aliphatic hydroxyl groups is 1. The minimum atomic E-state index is -0.261. The highest BCUT2D eigenvalue weighted by Gasteiger charge is 2.25. The predicted molar refractivity (Wildman–Crippen MR) is 74.1 cm³/mol. The molecular weight excluding hydrogens is 280 g/mol. The fraction of sp³-hybridized carbons (Fsp3) is 0.769. The van der Waals surface area contributed by atoms with E-state index in [1.54, 1.807) is 0 Å². The summed E-state index contributed by atoms with van der Waals surface area (Å²) in [4.78, 5) is 0. The summed E-state index contributed by atoms with van der Waals surface area (Å²) in [5.41, 5.74) is 2.40. The van der Waals surface area contributed by atoms with E-state index in [2.05, 4.69) is 41.8 Å². The Labute approximate surface area is 112 Å². The minimum absolute atomic E-state index is 0.0789. The molecule has 0 aliphatic carbocycles. The number of aliphatic hydroxyl groups excluding tert-OH is 1. The topological polar surface area (TPSA) is 38.0 Å². The number of aromatic nitrogens is 2. The highest BCUT2D eigenvalue weighted by molar-refractivity contribution is 9.10. The number of hydrogen-bond acceptors (Lipinski definition) is 2. The molecular formula is C13H23BrN2O. The number of rotatable bonds is 5. The summed E-state index contributed by atoms with van der Waals surface area (Å²) in [6, 6.07) is 0. The fourth-order valence-electron chi connectivity index (χ4n) is 2.34. The summed E-state index contributed by atoms with van der Waals surface area (Å²) in [5, 5.41) is 14.0. The van der Waals surface area contributed by atoms with Crippen LogP contribution in [0.15, 0.2) is 4.47 Å². The lowest BCUT2D eigenvalue weighted by molar-refractivity contribution is 0.128. The van der Waals surface area contributed by atoms with E-state index >= 15 is 0 Å². The van der Waals surface area contributed by atoms with Gasteiger partial charge >= 0.3 is 0 Å². The molecule has 0 saturated heterocycles. The van der Waals surface area contributed by atoms with E-state index in [0.717, 1.165) is 29.4 Å². The highest BCUT2D eigenvalue weighted by Crippen LogP contribution is 2.32. The Bertz CT molecular complexity index is 383. The molecule has 0 amide bonds. The first-order chi connectivity index (χ1) is 7.76. The molecule has 0 saturated carbocycles. The second-order valence-corrected chi connectivity index (χ2v) is 6.37. The third kappa shape index (κ3) is 3.81. The van der Waals surface area contributed by atoms with Crippen LogP contribution < -0.4 is 0 Å². The zero-order valence-electron chi connectivity index (χ0n) is 11.4. The van der Waals surface area contributed by atoms with E-state index in [1.165, 1.54) is 5.69 Å². The van der Waals surface area contributed by atoms with Gasteiger partial charge in [0.1, 0.15) is 0 Å². The zero-order chi connectivity index (χ0) is 13.2. The van der Waals surface area contributed by atoms with Crippen molar-refractivity contribution in [3.63, 3.8) is 0 Å². The van der Waals surface area contributed by atoms with Crippen LogP contribution in [0.4, 0.5) is 0 Å². The van der Waals surface area contributed by atoms with Crippen molar-refractivity contribution in [2.45, 2.75) is 53.1 Å². The van der Waals surface area contributed by atoms with E-state index < -0.39 is 0 Å². The quantitative estimate of drug-likeness (QED) is 0.908. The lowest BCUT2D eigenvalue weighted by atomic mass is 9.82. The van der Waals surface area contributed by atoms with Crippen LogP contribution in [-0.2, 0) is 19.9 Å². The molecule has 0 aromatic carbocycles. The molecule has 1 aromatic rings. The molecule has 1 rings (SSSR count). The minimum Gasteiger partial charge on any atom is -0.393 e. The molecule has 17 heavy (non-hydrogen) atoms. The van der Waals surface area contributed by atoms with Gasteiger partial charge in [-0.3, -0.25) is 4.68 Å². The Hall–Kier alpha value is -0.350. The molecule has 0 radical (unpaired) electrons. The Morgan fingerprint density at radius 3 is 2.47 bits per heavy atom. The van der Waals surface area contributed by atoms with Crippen molar-refractivity contribution in [3.8, 4) is 0 Å². The highest BCUT2D eigenvalue weighted by atomic mass is 79.9. The Balaban J connectivity index is 2.91. The van der Waals surface area contributed by atoms with Gasteiger partial charge in [0.15, 0.2) is 0 Å². The van der Waals surface area contributed by atoms with E-state index in [9.17, 15) is 5.11 Å². The van der Waals surface area contributed by atoms with Crippen LogP contribution in [0.25, 0.3) is 0 Å². The van der Waals surface area contributed by atoms with Gasteiger partial charge in [0.2, 0.25) is 0 Å². The first kappa shape index (κ1) is 14.7. The van der Waals surface area contributed by atoms with Gasteiger partial charge in [0.05, 0.1) is 22.0 Å². The molecule has 0 aliphatic rings. The van der Waals surface area contributed by atoms with Gasteiger partial charge in [-0.05, 0) is 47.5 Å². The molecule has 1 atom stereocenters. The lowest BCUT2D eigenvalue weighted by Crippen LogP contribution is -2.22. The fourth-order valence-corrected chi connectivity index (χ4v) is 3.09. The molecule has 98 valence electrons. The first-order valence-electron chi connectivity index (χ1n) is 6.15. The zero-order valence-corrected chi connectivity index (χ0v) is 13.0. The van der Waals surface area contributed by atoms with Gasteiger partial charge in [-0.15, -0.1) is 0 Å². The molecule has 1 N–H and O–H groups in total. The number of hydrogen-bond donors (Lipinski definition) is 1. The summed E-state index contributed by atoms with van der Waals surface area (Å²) in [6.07, 6.45) is 2.39. The maximum Gasteiger partial charge on any atom is 0.0766 e. The second kappa shape index (κ2) is 5.53. The molecule has 4 heteroatoms. The summed E-state index contributed by atoms with van der Waals surface area (Å²) in [5.74, 6) is 0. The van der Waals surface area contributed by atoms with Crippen LogP contribution in [0.2, 0.25) is 0 Å². The Morgan fingerprint density at radius 1 is 1.47 bits per heavy atom. The molecule has 0 bridgehead atoms. The summed E-state index contributed by atoms with van der Waals surface area (Å²) < 4.78 is 3.08. The van der Waals surface area contributed by atoms with Crippen molar-refractivity contribution in [1.82, 2.24) is 9.78 Å². The van der Waals surface area contributed by atoms with Crippen molar-refractivity contribution < 1.29 is 5.11 Å². The largest absolute Gasteiger partial charge is 0.393 e. The standard InChI is InChI=1S/C13H23BrN2O/c1-6-10-12(14)11(16(5)15-10)8-13(3,4)7-9(2)17/h9,17H,6-8H2,1-5H3. The van der Waals surface area contributed by atoms with Gasteiger partial charge in [-0.2, -0.15) is 5.10 Å². The van der Waals surface area contributed by atoms with Crippen LogP contribution in [0, 0.1) is 5.41 Å². The van der Waals surface area contributed by atoms with Gasteiger partial charge in [-0.25, -0.2) is 0 Å². The Kier molecular flexibility index (Phi) is 4.78. The molecule has 0 spiro atoms. The summed E-state index contributed by atoms with van der Waals surface area (Å²) in [6.45, 7) is 8.32. The van der Waals surface area contributed by atoms with Crippen LogP contribution in [-0.4, -0.2) is 21.0 Å². The summed E-state index contributed by atoms with van der Waals surface area (Å²) >= 11 is 3.64. The monoisotopic (exact) mass is 302 g/mol. The lowest BCUT2D eigenvalue weighted by Gasteiger charge is -2.26. The van der Waals surface area contributed by atoms with Gasteiger partial charge in [0, 0.05) is 7.05 Å². The molecule has 0 fully saturated rings. The Morgan fingerprint density at radius 2 is 2.06 bits per heavy atom. The second-order valence-electron chi connectivity index (χ2n) is 5.58. The van der Waals surface area contributed by atoms with Crippen LogP contribution >= 0.6 is 15.9 Å². The van der Waals surface area contributed by atoms with Crippen molar-refractivity contribution in [3.05, 3.63) is 15.9 Å². The maximum atomic E-state index is 9.52. The van der Waals surface area contributed by atoms with Crippen molar-refractivity contribution in [2.75, 3.05) is 0 Å². The average Bonchev–Trinajstić information content (AvgIpc) is 2.42. The number of nitrogens with zero attached hydrogens (tertiary/aromatic N) is 2. The smallest absolute Gasteiger partial charge is 0.0766 e. The average molecular weight is 303 g/mol. The molecule has 1 unspecified atom stereocenters. The van der Waals surface area contributed by atoms with Crippen molar-refractivity contribution >= 4 is 15.9 Å². The van der Waals surface area contributed by atoms with Crippen LogP contribution in [0.3, 0.4) is 0 Å². The molecule has 1 heterocycles. The van der Waals surface area contributed by atoms with Crippen LogP contribution in [0.1, 0.15) is 45.5 Å². The SMILES string of the molecule is CCc1nn(C)c(CC(C)(C)CC(C)O)c1Br. The molecule has 1 aromatic heterocycles. The van der Waals surface area contributed by atoms with Crippen molar-refractivity contribution in [2.24, 2.45) is 12.5 Å². The molecule has 3 nitrogen and oxygen atoms in total. The first-order valence-corrected chi connectivity index (χ1v) is 6.94. The van der Waals surface area contributed by atoms with Crippen molar-refractivity contribution in [1.29, 1.82) is 0 Å². The number of aryl methyl sites for hydroxylation is 2.